The Morgan fingerprint density at radius 2 is 1.47 bits per heavy atom. The van der Waals surface area contributed by atoms with E-state index in [2.05, 4.69) is 92.9 Å². The molecule has 6 aromatic rings. The van der Waals surface area contributed by atoms with Gasteiger partial charge in [0.15, 0.2) is 0 Å². The highest BCUT2D eigenvalue weighted by Crippen LogP contribution is 2.41. The summed E-state index contributed by atoms with van der Waals surface area (Å²) in [6.45, 7) is 9.04. The molecule has 0 aliphatic carbocycles. The fourth-order valence-electron chi connectivity index (χ4n) is 5.14. The van der Waals surface area contributed by atoms with Crippen LogP contribution in [0.25, 0.3) is 50.2 Å². The van der Waals surface area contributed by atoms with E-state index in [0.29, 0.717) is 17.9 Å². The molecule has 3 heteroatoms. The van der Waals surface area contributed by atoms with E-state index in [-0.39, 0.29) is 0 Å². The third-order valence-corrected chi connectivity index (χ3v) is 6.96. The van der Waals surface area contributed by atoms with Crippen molar-refractivity contribution < 1.29 is 5.79 Å². The summed E-state index contributed by atoms with van der Waals surface area (Å²) < 4.78 is 16.5. The van der Waals surface area contributed by atoms with Crippen LogP contribution in [0, 0.1) is 0 Å². The van der Waals surface area contributed by atoms with Gasteiger partial charge in [0, 0.05) is 5.39 Å². The van der Waals surface area contributed by atoms with Crippen LogP contribution in [0.1, 0.15) is 52.0 Å². The van der Waals surface area contributed by atoms with E-state index >= 15 is 0 Å². The molecule has 0 aliphatic heterocycles. The van der Waals surface area contributed by atoms with Gasteiger partial charge in [-0.15, -0.1) is 0 Å². The predicted molar refractivity (Wildman–Crippen MR) is 150 cm³/mol. The lowest BCUT2D eigenvalue weighted by atomic mass is 9.88. The van der Waals surface area contributed by atoms with E-state index in [1.54, 1.807) is 12.3 Å². The zero-order valence-corrected chi connectivity index (χ0v) is 21.1. The molecule has 0 atom stereocenters. The van der Waals surface area contributed by atoms with E-state index in [9.17, 15) is 0 Å². The molecule has 0 N–H and O–H groups in total. The maximum absolute atomic E-state index is 8.22. The normalized spacial score (nSPS) is 12.2. The Morgan fingerprint density at radius 3 is 2.19 bits per heavy atom. The molecule has 178 valence electrons. The molecule has 4 aromatic carbocycles. The molecule has 2 aromatic heterocycles. The van der Waals surface area contributed by atoms with Crippen LogP contribution < -0.4 is 0 Å². The minimum Gasteiger partial charge on any atom is -0.464 e. The summed E-state index contributed by atoms with van der Waals surface area (Å²) in [5.41, 5.74) is 9.86. The van der Waals surface area contributed by atoms with Crippen molar-refractivity contribution in [3.05, 3.63) is 108 Å². The lowest BCUT2D eigenvalue weighted by Crippen LogP contribution is -2.09. The van der Waals surface area contributed by atoms with Crippen molar-refractivity contribution in [3.8, 4) is 28.2 Å². The Labute approximate surface area is 213 Å². The zero-order chi connectivity index (χ0) is 25.7. The number of aromatic nitrogens is 2. The first-order valence-corrected chi connectivity index (χ1v) is 12.6. The summed E-state index contributed by atoms with van der Waals surface area (Å²) >= 11 is 0. The summed E-state index contributed by atoms with van der Waals surface area (Å²) in [4.78, 5) is 5.13. The maximum Gasteiger partial charge on any atom is 0.149 e. The maximum atomic E-state index is 8.22. The molecule has 0 amide bonds. The van der Waals surface area contributed by atoms with Crippen molar-refractivity contribution in [2.45, 2.75) is 39.5 Å². The minimum atomic E-state index is 0.297. The van der Waals surface area contributed by atoms with Gasteiger partial charge < -0.3 is 4.42 Å². The largest absolute Gasteiger partial charge is 0.464 e. The van der Waals surface area contributed by atoms with E-state index in [1.165, 1.54) is 27.9 Å². The van der Waals surface area contributed by atoms with Crippen molar-refractivity contribution in [1.29, 1.82) is 0 Å². The Kier molecular flexibility index (Phi) is 5.20. The van der Waals surface area contributed by atoms with Crippen LogP contribution >= 0.6 is 0 Å². The molecule has 3 nitrogen and oxygen atoms in total. The average molecular weight is 472 g/mol. The topological polar surface area (TPSA) is 31.0 Å². The number of furan rings is 1. The van der Waals surface area contributed by atoms with Crippen LogP contribution in [0.5, 0.6) is 0 Å². The Hall–Kier alpha value is -4.11. The summed E-state index contributed by atoms with van der Waals surface area (Å²) in [6, 6.07) is 29.5. The first kappa shape index (κ1) is 21.2. The molecule has 0 fully saturated rings. The molecule has 0 unspecified atom stereocenters. The third-order valence-electron chi connectivity index (χ3n) is 6.96. The summed E-state index contributed by atoms with van der Waals surface area (Å²) in [6.07, 6.45) is 1.78. The molecule has 0 radical (unpaired) electrons. The number of hydrogen-bond donors (Lipinski definition) is 0. The Morgan fingerprint density at radius 1 is 0.778 bits per heavy atom. The highest BCUT2D eigenvalue weighted by Gasteiger charge is 2.24. The van der Waals surface area contributed by atoms with E-state index in [0.717, 1.165) is 33.4 Å². The Bertz CT molecular complexity index is 1710. The lowest BCUT2D eigenvalue weighted by molar-refractivity contribution is 0.616. The number of rotatable bonds is 5. The van der Waals surface area contributed by atoms with E-state index in [1.807, 2.05) is 18.2 Å². The fraction of sp³-hybridized carbons (Fsp3) is 0.182. The highest BCUT2D eigenvalue weighted by atomic mass is 16.3. The van der Waals surface area contributed by atoms with Gasteiger partial charge in [-0.25, -0.2) is 4.98 Å². The molecule has 6 rings (SSSR count). The second-order valence-electron chi connectivity index (χ2n) is 10.0. The van der Waals surface area contributed by atoms with E-state index in [4.69, 9.17) is 10.8 Å². The van der Waals surface area contributed by atoms with Crippen molar-refractivity contribution in [2.75, 3.05) is 0 Å². The van der Waals surface area contributed by atoms with Gasteiger partial charge in [-0.3, -0.25) is 4.57 Å². The lowest BCUT2D eigenvalue weighted by Gasteiger charge is -2.24. The molecule has 0 aliphatic rings. The van der Waals surface area contributed by atoms with Crippen LogP contribution in [-0.4, -0.2) is 9.55 Å². The molecular formula is C33H30N2O. The first-order chi connectivity index (χ1) is 17.9. The molecule has 0 spiro atoms. The van der Waals surface area contributed by atoms with Crippen LogP contribution in [0.3, 0.4) is 0 Å². The number of para-hydroxylation sites is 3. The molecular weight excluding hydrogens is 440 g/mol. The smallest absolute Gasteiger partial charge is 0.149 e. The summed E-state index contributed by atoms with van der Waals surface area (Å²) in [5.74, 6) is 1.43. The summed E-state index contributed by atoms with van der Waals surface area (Å²) in [7, 11) is 0. The number of imidazole rings is 1. The van der Waals surface area contributed by atoms with Gasteiger partial charge in [0.25, 0.3) is 0 Å². The molecule has 0 saturated heterocycles. The quantitative estimate of drug-likeness (QED) is 0.251. The second-order valence-corrected chi connectivity index (χ2v) is 10.0. The standard InChI is InChI=1S/C33H30N2O/c1-21(2)26-18-24(23-12-6-5-7-13-23)19-27(22(3)4)32(26)35-30-16-10-9-15-29(30)34-33(35)28-20-36-31-17-11-8-14-25(28)31/h5-22H,1-4H3/i8D. The highest BCUT2D eigenvalue weighted by molar-refractivity contribution is 5.95. The van der Waals surface area contributed by atoms with Crippen molar-refractivity contribution >= 4 is 22.0 Å². The molecule has 0 bridgehead atoms. The SMILES string of the molecule is [2H]c1ccc2occ(-c3nc4ccccc4n3-c3c(C(C)C)cc(-c4ccccc4)cc3C(C)C)c2c1. The number of nitrogens with zero attached hydrogens (tertiary/aromatic N) is 2. The van der Waals surface area contributed by atoms with Gasteiger partial charge in [0.2, 0.25) is 0 Å². The van der Waals surface area contributed by atoms with Gasteiger partial charge in [-0.05, 0) is 64.4 Å². The molecule has 36 heavy (non-hydrogen) atoms. The van der Waals surface area contributed by atoms with Gasteiger partial charge in [0.1, 0.15) is 17.7 Å². The van der Waals surface area contributed by atoms with Gasteiger partial charge in [0.05, 0.1) is 23.7 Å². The van der Waals surface area contributed by atoms with Crippen LogP contribution in [0.2, 0.25) is 0 Å². The van der Waals surface area contributed by atoms with E-state index < -0.39 is 0 Å². The number of fused-ring (bicyclic) bond motifs is 2. The first-order valence-electron chi connectivity index (χ1n) is 13.1. The van der Waals surface area contributed by atoms with Crippen LogP contribution in [0.15, 0.2) is 102 Å². The fourth-order valence-corrected chi connectivity index (χ4v) is 5.14. The van der Waals surface area contributed by atoms with Crippen LogP contribution in [0.4, 0.5) is 0 Å². The minimum absolute atomic E-state index is 0.297. The third kappa shape index (κ3) is 3.63. The number of hydrogen-bond acceptors (Lipinski definition) is 2. The van der Waals surface area contributed by atoms with Crippen molar-refractivity contribution in [3.63, 3.8) is 0 Å². The van der Waals surface area contributed by atoms with Crippen molar-refractivity contribution in [1.82, 2.24) is 9.55 Å². The van der Waals surface area contributed by atoms with Gasteiger partial charge in [-0.1, -0.05) is 88.3 Å². The van der Waals surface area contributed by atoms with Gasteiger partial charge >= 0.3 is 0 Å². The Balaban J connectivity index is 1.72. The number of benzene rings is 4. The second kappa shape index (κ2) is 8.83. The molecule has 2 heterocycles. The molecule has 0 saturated carbocycles. The predicted octanol–water partition coefficient (Wildman–Crippen LogP) is 9.35. The van der Waals surface area contributed by atoms with Gasteiger partial charge in [-0.2, -0.15) is 0 Å². The van der Waals surface area contributed by atoms with Crippen molar-refractivity contribution in [2.24, 2.45) is 0 Å². The zero-order valence-electron chi connectivity index (χ0n) is 22.1. The monoisotopic (exact) mass is 471 g/mol. The van der Waals surface area contributed by atoms with Crippen LogP contribution in [-0.2, 0) is 0 Å². The summed E-state index contributed by atoms with van der Waals surface area (Å²) in [5, 5.41) is 0.905. The average Bonchev–Trinajstić information content (AvgIpc) is 3.49.